The zero-order valence-electron chi connectivity index (χ0n) is 26.9. The van der Waals surface area contributed by atoms with E-state index in [0.29, 0.717) is 26.7 Å². The van der Waals surface area contributed by atoms with Crippen molar-refractivity contribution in [2.45, 2.75) is 56.1 Å². The summed E-state index contributed by atoms with van der Waals surface area (Å²) >= 11 is 8.94. The second-order valence-corrected chi connectivity index (χ2v) is 14.2. The van der Waals surface area contributed by atoms with E-state index in [1.54, 1.807) is 68.4 Å². The minimum absolute atomic E-state index is 0.0555. The summed E-state index contributed by atoms with van der Waals surface area (Å²) in [6.07, 6.45) is 5.95. The van der Waals surface area contributed by atoms with Crippen molar-refractivity contribution >= 4 is 75.2 Å². The second kappa shape index (κ2) is 16.8. The number of fused-ring (bicyclic) bond motifs is 1. The highest BCUT2D eigenvalue weighted by Gasteiger charge is 2.28. The molecule has 5 rings (SSSR count). The average Bonchev–Trinajstić information content (AvgIpc) is 3.26. The first-order valence-corrected chi connectivity index (χ1v) is 17.9. The van der Waals surface area contributed by atoms with Crippen LogP contribution >= 0.6 is 34.7 Å². The number of hydrogen-bond donors (Lipinski definition) is 3. The van der Waals surface area contributed by atoms with Crippen LogP contribution in [0.25, 0.3) is 6.08 Å². The van der Waals surface area contributed by atoms with Crippen LogP contribution in [0.3, 0.4) is 0 Å². The summed E-state index contributed by atoms with van der Waals surface area (Å²) < 4.78 is 20.0. The summed E-state index contributed by atoms with van der Waals surface area (Å²) in [5, 5.41) is 8.32. The summed E-state index contributed by atoms with van der Waals surface area (Å²) in [5.74, 6) is -2.64. The molecule has 0 aliphatic heterocycles. The molecule has 12 heteroatoms. The highest BCUT2D eigenvalue weighted by molar-refractivity contribution is 8.00. The first kappa shape index (κ1) is 35.8. The van der Waals surface area contributed by atoms with E-state index in [1.165, 1.54) is 47.4 Å². The van der Waals surface area contributed by atoms with Gasteiger partial charge in [-0.2, -0.15) is 0 Å². The molecule has 0 saturated heterocycles. The predicted molar refractivity (Wildman–Crippen MR) is 194 cm³/mol. The van der Waals surface area contributed by atoms with E-state index in [-0.39, 0.29) is 28.8 Å². The van der Waals surface area contributed by atoms with Gasteiger partial charge in [0, 0.05) is 26.6 Å². The van der Waals surface area contributed by atoms with Crippen LogP contribution in [-0.4, -0.2) is 35.5 Å². The van der Waals surface area contributed by atoms with Gasteiger partial charge >= 0.3 is 5.97 Å². The number of anilines is 2. The van der Waals surface area contributed by atoms with Crippen LogP contribution < -0.4 is 16.0 Å². The number of benzene rings is 3. The summed E-state index contributed by atoms with van der Waals surface area (Å²) in [5.41, 5.74) is 1.84. The maximum absolute atomic E-state index is 14.7. The second-order valence-electron chi connectivity index (χ2n) is 11.2. The Kier molecular flexibility index (Phi) is 12.3. The number of rotatable bonds is 11. The first-order valence-electron chi connectivity index (χ1n) is 15.9. The van der Waals surface area contributed by atoms with Crippen molar-refractivity contribution in [3.05, 3.63) is 116 Å². The summed E-state index contributed by atoms with van der Waals surface area (Å²) in [4.78, 5) is 54.6. The van der Waals surface area contributed by atoms with Gasteiger partial charge in [0.05, 0.1) is 22.4 Å². The van der Waals surface area contributed by atoms with Gasteiger partial charge in [-0.3, -0.25) is 14.4 Å². The minimum Gasteiger partial charge on any atom is -0.462 e. The highest BCUT2D eigenvalue weighted by atomic mass is 35.5. The van der Waals surface area contributed by atoms with Gasteiger partial charge in [-0.1, -0.05) is 48.4 Å². The minimum atomic E-state index is -0.708. The molecule has 0 bridgehead atoms. The largest absolute Gasteiger partial charge is 0.462 e. The number of thiophene rings is 1. The number of thioether (sulfide) groups is 1. The standard InChI is InChI=1S/C37H35ClFN3O5S2/c1-3-47-37(46)32-26-16-8-5-9-19-31(26)49-36(32)42-33(43)22(2)48-25-15-10-14-24(20-25)40-35(45)30(21-27-28(38)17-11-18-29(27)39)41-34(44)23-12-6-4-7-13-23/h4,6-7,10-15,17-18,20-22H,3,5,8-9,16,19H2,1-2H3,(H,40,45)(H,41,44)(H,42,43)/b30-21+. The van der Waals surface area contributed by atoms with E-state index in [2.05, 4.69) is 16.0 Å². The van der Waals surface area contributed by atoms with Crippen LogP contribution in [0, 0.1) is 5.82 Å². The Morgan fingerprint density at radius 3 is 2.49 bits per heavy atom. The van der Waals surface area contributed by atoms with Gasteiger partial charge in [-0.05, 0) is 93.6 Å². The molecule has 3 N–H and O–H groups in total. The predicted octanol–water partition coefficient (Wildman–Crippen LogP) is 8.52. The normalized spacial score (nSPS) is 13.4. The molecule has 49 heavy (non-hydrogen) atoms. The van der Waals surface area contributed by atoms with Crippen molar-refractivity contribution in [3.8, 4) is 0 Å². The van der Waals surface area contributed by atoms with Crippen molar-refractivity contribution in [1.82, 2.24) is 5.32 Å². The molecule has 0 radical (unpaired) electrons. The number of carbonyl (C=O) groups is 4. The van der Waals surface area contributed by atoms with Crippen molar-refractivity contribution in [2.75, 3.05) is 17.2 Å². The van der Waals surface area contributed by atoms with Gasteiger partial charge in [0.25, 0.3) is 11.8 Å². The van der Waals surface area contributed by atoms with Gasteiger partial charge in [-0.15, -0.1) is 23.1 Å². The molecule has 1 aliphatic carbocycles. The summed E-state index contributed by atoms with van der Waals surface area (Å²) in [7, 11) is 0. The maximum Gasteiger partial charge on any atom is 0.341 e. The number of esters is 1. The fraction of sp³-hybridized carbons (Fsp3) is 0.243. The fourth-order valence-electron chi connectivity index (χ4n) is 5.30. The van der Waals surface area contributed by atoms with E-state index in [9.17, 15) is 23.6 Å². The zero-order valence-corrected chi connectivity index (χ0v) is 29.3. The molecule has 1 aromatic heterocycles. The van der Waals surface area contributed by atoms with Gasteiger partial charge in [0.2, 0.25) is 5.91 Å². The Bertz CT molecular complexity index is 1880. The van der Waals surface area contributed by atoms with E-state index in [4.69, 9.17) is 16.3 Å². The number of ether oxygens (including phenoxy) is 1. The Hall–Kier alpha value is -4.45. The van der Waals surface area contributed by atoms with Crippen LogP contribution in [0.2, 0.25) is 5.02 Å². The SMILES string of the molecule is CCOC(=O)c1c(NC(=O)C(C)Sc2cccc(NC(=O)/C(=C\c3c(F)cccc3Cl)NC(=O)c3ccccc3)c2)sc2c1CCCCC2. The molecular weight excluding hydrogens is 685 g/mol. The third-order valence-corrected chi connectivity index (χ3v) is 10.4. The monoisotopic (exact) mass is 719 g/mol. The first-order chi connectivity index (χ1) is 23.6. The third kappa shape index (κ3) is 9.17. The lowest BCUT2D eigenvalue weighted by atomic mass is 10.1. The summed E-state index contributed by atoms with van der Waals surface area (Å²) in [6.45, 7) is 3.75. The molecule has 4 aromatic rings. The Labute approximate surface area is 297 Å². The fourth-order valence-corrected chi connectivity index (χ4v) is 7.73. The van der Waals surface area contributed by atoms with E-state index in [1.807, 2.05) is 0 Å². The number of nitrogens with one attached hydrogen (secondary N) is 3. The van der Waals surface area contributed by atoms with Gasteiger partial charge in [0.1, 0.15) is 16.5 Å². The Morgan fingerprint density at radius 2 is 1.73 bits per heavy atom. The smallest absolute Gasteiger partial charge is 0.341 e. The molecule has 8 nitrogen and oxygen atoms in total. The molecule has 1 unspecified atom stereocenters. The van der Waals surface area contributed by atoms with Crippen LogP contribution in [0.4, 0.5) is 15.1 Å². The van der Waals surface area contributed by atoms with Gasteiger partial charge in [0.15, 0.2) is 0 Å². The molecule has 0 fully saturated rings. The molecule has 254 valence electrons. The van der Waals surface area contributed by atoms with Gasteiger partial charge in [-0.25, -0.2) is 9.18 Å². The molecule has 1 heterocycles. The topological polar surface area (TPSA) is 114 Å². The average molecular weight is 720 g/mol. The highest BCUT2D eigenvalue weighted by Crippen LogP contribution is 2.38. The van der Waals surface area contributed by atoms with Crippen LogP contribution in [0.15, 0.2) is 83.4 Å². The van der Waals surface area contributed by atoms with Crippen LogP contribution in [-0.2, 0) is 27.2 Å². The lowest BCUT2D eigenvalue weighted by Gasteiger charge is -2.14. The number of hydrogen-bond acceptors (Lipinski definition) is 7. The molecule has 1 atom stereocenters. The molecular formula is C37H35ClFN3O5S2. The Morgan fingerprint density at radius 1 is 0.980 bits per heavy atom. The van der Waals surface area contributed by atoms with E-state index < -0.39 is 28.9 Å². The van der Waals surface area contributed by atoms with Crippen LogP contribution in [0.1, 0.15) is 69.8 Å². The third-order valence-electron chi connectivity index (χ3n) is 7.73. The number of carbonyl (C=O) groups excluding carboxylic acids is 4. The molecule has 1 aliphatic rings. The van der Waals surface area contributed by atoms with Crippen molar-refractivity contribution < 1.29 is 28.3 Å². The zero-order chi connectivity index (χ0) is 34.9. The van der Waals surface area contributed by atoms with Crippen molar-refractivity contribution in [2.24, 2.45) is 0 Å². The quantitative estimate of drug-likeness (QED) is 0.0620. The number of aryl methyl sites for hydroxylation is 1. The number of halogens is 2. The molecule has 0 spiro atoms. The maximum atomic E-state index is 14.7. The molecule has 3 amide bonds. The summed E-state index contributed by atoms with van der Waals surface area (Å²) in [6, 6.07) is 19.3. The van der Waals surface area contributed by atoms with Crippen molar-refractivity contribution in [1.29, 1.82) is 0 Å². The van der Waals surface area contributed by atoms with E-state index in [0.717, 1.165) is 42.5 Å². The molecule has 3 aromatic carbocycles. The van der Waals surface area contributed by atoms with Crippen LogP contribution in [0.5, 0.6) is 0 Å². The Balaban J connectivity index is 1.31. The molecule has 0 saturated carbocycles. The lowest BCUT2D eigenvalue weighted by molar-refractivity contribution is -0.115. The lowest BCUT2D eigenvalue weighted by Crippen LogP contribution is -2.30. The van der Waals surface area contributed by atoms with Crippen molar-refractivity contribution in [3.63, 3.8) is 0 Å². The number of amides is 3. The van der Waals surface area contributed by atoms with Gasteiger partial charge < -0.3 is 20.7 Å². The van der Waals surface area contributed by atoms with E-state index >= 15 is 0 Å².